The molecule has 0 aliphatic carbocycles. The Morgan fingerprint density at radius 3 is 3.25 bits per heavy atom. The molecular weight excluding hydrogens is 155 g/mol. The molecule has 0 radical (unpaired) electrons. The van der Waals surface area contributed by atoms with Crippen molar-refractivity contribution in [3.8, 4) is 0 Å². The standard InChI is InChI=1S/C7H15BN2O2/c9-4-7-5-10(8-6-11)2-1-3-12-7/h6-8H,1-5,9H2/t7-/m0/s1. The summed E-state index contributed by atoms with van der Waals surface area (Å²) in [4.78, 5) is 12.3. The summed E-state index contributed by atoms with van der Waals surface area (Å²) in [6.07, 6.45) is 2.02. The van der Waals surface area contributed by atoms with Crippen LogP contribution in [0, 0.1) is 0 Å². The van der Waals surface area contributed by atoms with Crippen molar-refractivity contribution in [2.45, 2.75) is 12.5 Å². The monoisotopic (exact) mass is 170 g/mol. The summed E-state index contributed by atoms with van der Waals surface area (Å²) >= 11 is 0. The number of nitrogens with two attached hydrogens (primary N) is 1. The Kier molecular flexibility index (Phi) is 4.28. The van der Waals surface area contributed by atoms with Crippen molar-refractivity contribution in [2.75, 3.05) is 26.2 Å². The lowest BCUT2D eigenvalue weighted by molar-refractivity contribution is 0.0680. The number of hydrogen-bond acceptors (Lipinski definition) is 4. The molecule has 1 heterocycles. The number of ether oxygens (including phenoxy) is 1. The van der Waals surface area contributed by atoms with Gasteiger partial charge in [0.2, 0.25) is 0 Å². The minimum Gasteiger partial charge on any atom is -0.376 e. The topological polar surface area (TPSA) is 55.6 Å². The lowest BCUT2D eigenvalue weighted by Gasteiger charge is -2.19. The molecule has 0 spiro atoms. The maximum absolute atomic E-state index is 10.3. The molecule has 2 N–H and O–H groups in total. The summed E-state index contributed by atoms with van der Waals surface area (Å²) in [5.41, 5.74) is 5.49. The van der Waals surface area contributed by atoms with E-state index in [-0.39, 0.29) is 6.10 Å². The molecule has 1 aliphatic heterocycles. The van der Waals surface area contributed by atoms with Gasteiger partial charge in [0.15, 0.2) is 0 Å². The first-order valence-corrected chi connectivity index (χ1v) is 4.34. The molecular formula is C7H15BN2O2. The van der Waals surface area contributed by atoms with Crippen LogP contribution in [0.2, 0.25) is 0 Å². The zero-order valence-corrected chi connectivity index (χ0v) is 7.24. The van der Waals surface area contributed by atoms with Gasteiger partial charge >= 0.3 is 0 Å². The smallest absolute Gasteiger partial charge is 0.281 e. The number of rotatable bonds is 3. The van der Waals surface area contributed by atoms with Gasteiger partial charge < -0.3 is 20.1 Å². The minimum absolute atomic E-state index is 0.104. The Bertz CT molecular complexity index is 145. The van der Waals surface area contributed by atoms with Crippen LogP contribution in [0.25, 0.3) is 0 Å². The van der Waals surface area contributed by atoms with E-state index in [4.69, 9.17) is 10.5 Å². The van der Waals surface area contributed by atoms with Crippen LogP contribution in [-0.4, -0.2) is 50.8 Å². The van der Waals surface area contributed by atoms with E-state index >= 15 is 0 Å². The van der Waals surface area contributed by atoms with Crippen LogP contribution in [0.3, 0.4) is 0 Å². The summed E-state index contributed by atoms with van der Waals surface area (Å²) in [5.74, 6) is 0. The quantitative estimate of drug-likeness (QED) is 0.417. The Labute approximate surface area is 73.3 Å². The average Bonchev–Trinajstić information content (AvgIpc) is 2.30. The highest BCUT2D eigenvalue weighted by Crippen LogP contribution is 2.02. The van der Waals surface area contributed by atoms with Crippen LogP contribution in [0.5, 0.6) is 0 Å². The molecule has 12 heavy (non-hydrogen) atoms. The molecule has 1 aliphatic rings. The SMILES string of the molecule is NC[C@H]1CN(BC=O)CCCO1. The average molecular weight is 170 g/mol. The van der Waals surface area contributed by atoms with E-state index in [0.29, 0.717) is 14.0 Å². The van der Waals surface area contributed by atoms with Crippen molar-refractivity contribution in [2.24, 2.45) is 5.73 Å². The predicted molar refractivity (Wildman–Crippen MR) is 48.9 cm³/mol. The second-order valence-corrected chi connectivity index (χ2v) is 3.01. The van der Waals surface area contributed by atoms with Gasteiger partial charge in [0.1, 0.15) is 0 Å². The first-order chi connectivity index (χ1) is 5.86. The second kappa shape index (κ2) is 5.29. The highest BCUT2D eigenvalue weighted by molar-refractivity contribution is 6.64. The third-order valence-electron chi connectivity index (χ3n) is 2.03. The lowest BCUT2D eigenvalue weighted by atomic mass is 9.94. The number of hydrogen-bond donors (Lipinski definition) is 1. The van der Waals surface area contributed by atoms with Gasteiger partial charge in [0, 0.05) is 19.7 Å². The molecule has 1 fully saturated rings. The molecule has 0 bridgehead atoms. The first-order valence-electron chi connectivity index (χ1n) is 4.34. The normalized spacial score (nSPS) is 26.2. The summed E-state index contributed by atoms with van der Waals surface area (Å²) in [5, 5.41) is 0. The van der Waals surface area contributed by atoms with Crippen LogP contribution in [-0.2, 0) is 9.53 Å². The van der Waals surface area contributed by atoms with Crippen molar-refractivity contribution in [1.82, 2.24) is 4.81 Å². The second-order valence-electron chi connectivity index (χ2n) is 3.01. The van der Waals surface area contributed by atoms with E-state index in [9.17, 15) is 4.79 Å². The van der Waals surface area contributed by atoms with Crippen LogP contribution < -0.4 is 5.73 Å². The largest absolute Gasteiger partial charge is 0.376 e. The highest BCUT2D eigenvalue weighted by atomic mass is 16.5. The van der Waals surface area contributed by atoms with E-state index in [2.05, 4.69) is 4.81 Å². The van der Waals surface area contributed by atoms with Gasteiger partial charge in [-0.3, -0.25) is 0 Å². The third-order valence-corrected chi connectivity index (χ3v) is 2.03. The molecule has 0 aromatic heterocycles. The Hall–Kier alpha value is -0.385. The fourth-order valence-corrected chi connectivity index (χ4v) is 1.38. The van der Waals surface area contributed by atoms with Gasteiger partial charge in [0.05, 0.1) is 12.3 Å². The van der Waals surface area contributed by atoms with Gasteiger partial charge in [-0.1, -0.05) is 0 Å². The van der Waals surface area contributed by atoms with Gasteiger partial charge in [-0.15, -0.1) is 0 Å². The highest BCUT2D eigenvalue weighted by Gasteiger charge is 2.16. The maximum Gasteiger partial charge on any atom is 0.281 e. The molecule has 5 heteroatoms. The molecule has 4 nitrogen and oxygen atoms in total. The summed E-state index contributed by atoms with van der Waals surface area (Å²) in [7, 11) is 0.500. The fourth-order valence-electron chi connectivity index (χ4n) is 1.38. The first kappa shape index (κ1) is 9.70. The van der Waals surface area contributed by atoms with E-state index in [0.717, 1.165) is 32.3 Å². The van der Waals surface area contributed by atoms with Gasteiger partial charge in [0.25, 0.3) is 7.41 Å². The van der Waals surface area contributed by atoms with Crippen molar-refractivity contribution in [3.63, 3.8) is 0 Å². The van der Waals surface area contributed by atoms with Crippen LogP contribution in [0.4, 0.5) is 0 Å². The fraction of sp³-hybridized carbons (Fsp3) is 0.857. The van der Waals surface area contributed by atoms with Crippen molar-refractivity contribution in [1.29, 1.82) is 0 Å². The Morgan fingerprint density at radius 1 is 1.75 bits per heavy atom. The Morgan fingerprint density at radius 2 is 2.58 bits per heavy atom. The number of carbonyl (C=O) groups excluding carboxylic acids is 1. The molecule has 1 atom stereocenters. The molecule has 1 saturated heterocycles. The molecule has 0 saturated carbocycles. The molecule has 1 rings (SSSR count). The molecule has 0 aromatic carbocycles. The lowest BCUT2D eigenvalue weighted by Crippen LogP contribution is -2.38. The van der Waals surface area contributed by atoms with Crippen LogP contribution >= 0.6 is 0 Å². The number of carbonyl (C=O) groups is 1. The predicted octanol–water partition coefficient (Wildman–Crippen LogP) is -1.42. The molecule has 68 valence electrons. The van der Waals surface area contributed by atoms with Crippen LogP contribution in [0.15, 0.2) is 0 Å². The summed E-state index contributed by atoms with van der Waals surface area (Å²) in [6.45, 7) is 3.02. The summed E-state index contributed by atoms with van der Waals surface area (Å²) in [6, 6.07) is 0. The van der Waals surface area contributed by atoms with Gasteiger partial charge in [-0.2, -0.15) is 0 Å². The van der Waals surface area contributed by atoms with Gasteiger partial charge in [-0.05, 0) is 13.0 Å². The van der Waals surface area contributed by atoms with E-state index in [1.54, 1.807) is 0 Å². The maximum atomic E-state index is 10.3. The van der Waals surface area contributed by atoms with Gasteiger partial charge in [-0.25, -0.2) is 0 Å². The van der Waals surface area contributed by atoms with Crippen molar-refractivity contribution < 1.29 is 9.53 Å². The molecule has 0 unspecified atom stereocenters. The van der Waals surface area contributed by atoms with E-state index in [1.807, 2.05) is 0 Å². The van der Waals surface area contributed by atoms with E-state index < -0.39 is 0 Å². The molecule has 0 amide bonds. The van der Waals surface area contributed by atoms with Crippen molar-refractivity contribution in [3.05, 3.63) is 0 Å². The zero-order valence-electron chi connectivity index (χ0n) is 7.24. The Balaban J connectivity index is 2.35. The number of nitrogens with zero attached hydrogens (tertiary/aromatic N) is 1. The van der Waals surface area contributed by atoms with E-state index in [1.165, 1.54) is 0 Å². The third kappa shape index (κ3) is 2.93. The van der Waals surface area contributed by atoms with Crippen LogP contribution in [0.1, 0.15) is 6.42 Å². The minimum atomic E-state index is 0.104. The van der Waals surface area contributed by atoms with Crippen molar-refractivity contribution >= 4 is 13.6 Å². The zero-order chi connectivity index (χ0) is 8.81. The molecule has 0 aromatic rings. The summed E-state index contributed by atoms with van der Waals surface area (Å²) < 4.78 is 5.45.